The lowest BCUT2D eigenvalue weighted by Gasteiger charge is -2.32. The summed E-state index contributed by atoms with van der Waals surface area (Å²) in [7, 11) is 1.74. The molecule has 1 saturated carbocycles. The Morgan fingerprint density at radius 2 is 1.88 bits per heavy atom. The third-order valence-electron chi connectivity index (χ3n) is 4.32. The number of hydrogen-bond donors (Lipinski definition) is 1. The van der Waals surface area contributed by atoms with Crippen LogP contribution in [0.4, 0.5) is 13.2 Å². The molecule has 26 heavy (non-hydrogen) atoms. The van der Waals surface area contributed by atoms with Crippen molar-refractivity contribution in [1.29, 1.82) is 5.26 Å². The largest absolute Gasteiger partial charge is 0.573 e. The number of carbonyl (C=O) groups excluding carboxylic acids is 1. The van der Waals surface area contributed by atoms with Gasteiger partial charge in [-0.25, -0.2) is 0 Å². The first kappa shape index (κ1) is 20.0. The summed E-state index contributed by atoms with van der Waals surface area (Å²) in [6.45, 7) is 0.490. The van der Waals surface area contributed by atoms with E-state index in [0.29, 0.717) is 19.4 Å². The maximum Gasteiger partial charge on any atom is 0.573 e. The third kappa shape index (κ3) is 6.23. The lowest BCUT2D eigenvalue weighted by Crippen LogP contribution is -2.51. The summed E-state index contributed by atoms with van der Waals surface area (Å²) >= 11 is 0. The summed E-state index contributed by atoms with van der Waals surface area (Å²) in [5.41, 5.74) is -0.0188. The zero-order chi connectivity index (χ0) is 19.2. The smallest absolute Gasteiger partial charge is 0.406 e. The van der Waals surface area contributed by atoms with E-state index in [4.69, 9.17) is 0 Å². The van der Waals surface area contributed by atoms with E-state index in [1.165, 1.54) is 24.3 Å². The van der Waals surface area contributed by atoms with Gasteiger partial charge < -0.3 is 10.1 Å². The Balaban J connectivity index is 1.85. The monoisotopic (exact) mass is 369 g/mol. The molecule has 2 rings (SSSR count). The number of benzene rings is 1. The van der Waals surface area contributed by atoms with E-state index in [1.54, 1.807) is 11.9 Å². The van der Waals surface area contributed by atoms with Crippen molar-refractivity contribution in [1.82, 2.24) is 10.2 Å². The Bertz CT molecular complexity index is 647. The predicted molar refractivity (Wildman–Crippen MR) is 89.0 cm³/mol. The van der Waals surface area contributed by atoms with Crippen LogP contribution in [-0.2, 0) is 11.3 Å². The molecule has 8 heteroatoms. The van der Waals surface area contributed by atoms with Crippen LogP contribution in [0.25, 0.3) is 0 Å². The molecule has 5 nitrogen and oxygen atoms in total. The fraction of sp³-hybridized carbons (Fsp3) is 0.556. The van der Waals surface area contributed by atoms with E-state index in [2.05, 4.69) is 16.1 Å². The summed E-state index contributed by atoms with van der Waals surface area (Å²) in [5, 5.41) is 12.2. The van der Waals surface area contributed by atoms with Crippen molar-refractivity contribution < 1.29 is 22.7 Å². The zero-order valence-corrected chi connectivity index (χ0v) is 14.6. The maximum atomic E-state index is 12.2. The second-order valence-corrected chi connectivity index (χ2v) is 6.67. The SMILES string of the molecule is CN(CC(=O)NC1(C#N)CCCCC1)Cc1ccc(OC(F)(F)F)cc1. The van der Waals surface area contributed by atoms with Gasteiger partial charge in [0.2, 0.25) is 5.91 Å². The molecule has 1 N–H and O–H groups in total. The van der Waals surface area contributed by atoms with Gasteiger partial charge in [0.25, 0.3) is 0 Å². The number of alkyl halides is 3. The van der Waals surface area contributed by atoms with Crippen LogP contribution in [0.15, 0.2) is 24.3 Å². The van der Waals surface area contributed by atoms with Crippen molar-refractivity contribution in [3.63, 3.8) is 0 Å². The first-order chi connectivity index (χ1) is 12.2. The van der Waals surface area contributed by atoms with Crippen molar-refractivity contribution in [3.8, 4) is 11.8 Å². The van der Waals surface area contributed by atoms with Gasteiger partial charge >= 0.3 is 6.36 Å². The minimum Gasteiger partial charge on any atom is -0.406 e. The molecule has 0 atom stereocenters. The highest BCUT2D eigenvalue weighted by Gasteiger charge is 2.33. The van der Waals surface area contributed by atoms with Crippen LogP contribution >= 0.6 is 0 Å². The summed E-state index contributed by atoms with van der Waals surface area (Å²) in [6.07, 6.45) is -0.454. The quantitative estimate of drug-likeness (QED) is 0.835. The molecule has 0 spiro atoms. The zero-order valence-electron chi connectivity index (χ0n) is 14.6. The molecular weight excluding hydrogens is 347 g/mol. The molecule has 1 fully saturated rings. The Morgan fingerprint density at radius 1 is 1.27 bits per heavy atom. The standard InChI is InChI=1S/C18H22F3N3O2/c1-24(11-14-5-7-15(8-6-14)26-18(19,20)21)12-16(25)23-17(13-22)9-3-2-4-10-17/h5-8H,2-4,9-12H2,1H3,(H,23,25). The van der Waals surface area contributed by atoms with Crippen LogP contribution in [0.3, 0.4) is 0 Å². The van der Waals surface area contributed by atoms with Gasteiger partial charge in [-0.2, -0.15) is 5.26 Å². The maximum absolute atomic E-state index is 12.2. The van der Waals surface area contributed by atoms with Crippen LogP contribution in [0.2, 0.25) is 0 Å². The van der Waals surface area contributed by atoms with Crippen molar-refractivity contribution >= 4 is 5.91 Å². The lowest BCUT2D eigenvalue weighted by molar-refractivity contribution is -0.274. The van der Waals surface area contributed by atoms with Gasteiger partial charge in [0.15, 0.2) is 0 Å². The highest BCUT2D eigenvalue weighted by Crippen LogP contribution is 2.27. The molecule has 142 valence electrons. The van der Waals surface area contributed by atoms with Crippen LogP contribution in [0, 0.1) is 11.3 Å². The van der Waals surface area contributed by atoms with Gasteiger partial charge in [-0.15, -0.1) is 13.2 Å². The van der Waals surface area contributed by atoms with Crippen LogP contribution < -0.4 is 10.1 Å². The van der Waals surface area contributed by atoms with E-state index in [9.17, 15) is 23.2 Å². The molecule has 1 aromatic rings. The number of rotatable bonds is 6. The fourth-order valence-corrected chi connectivity index (χ4v) is 3.14. The van der Waals surface area contributed by atoms with Crippen molar-refractivity contribution in [2.24, 2.45) is 0 Å². The minimum atomic E-state index is -4.72. The molecule has 0 bridgehead atoms. The van der Waals surface area contributed by atoms with Crippen molar-refractivity contribution in [2.45, 2.75) is 50.6 Å². The number of halogens is 3. The van der Waals surface area contributed by atoms with E-state index in [-0.39, 0.29) is 18.2 Å². The first-order valence-corrected chi connectivity index (χ1v) is 8.47. The first-order valence-electron chi connectivity index (χ1n) is 8.47. The molecule has 1 amide bonds. The summed E-state index contributed by atoms with van der Waals surface area (Å²) in [4.78, 5) is 14.0. The highest BCUT2D eigenvalue weighted by molar-refractivity contribution is 5.79. The van der Waals surface area contributed by atoms with Gasteiger partial charge in [0.05, 0.1) is 12.6 Å². The van der Waals surface area contributed by atoms with Crippen molar-refractivity contribution in [2.75, 3.05) is 13.6 Å². The number of hydrogen-bond acceptors (Lipinski definition) is 4. The number of likely N-dealkylation sites (N-methyl/N-ethyl adjacent to an activating group) is 1. The molecule has 0 radical (unpaired) electrons. The molecule has 1 aliphatic rings. The number of carbonyl (C=O) groups is 1. The van der Waals surface area contributed by atoms with E-state index >= 15 is 0 Å². The molecule has 0 saturated heterocycles. The van der Waals surface area contributed by atoms with Gasteiger partial charge in [-0.1, -0.05) is 31.4 Å². The summed E-state index contributed by atoms with van der Waals surface area (Å²) < 4.78 is 40.3. The van der Waals surface area contributed by atoms with Gasteiger partial charge in [-0.05, 0) is 37.6 Å². The molecule has 0 aromatic heterocycles. The van der Waals surface area contributed by atoms with Crippen LogP contribution in [-0.4, -0.2) is 36.3 Å². The average Bonchev–Trinajstić information content (AvgIpc) is 2.56. The van der Waals surface area contributed by atoms with E-state index in [0.717, 1.165) is 24.8 Å². The Hall–Kier alpha value is -2.27. The van der Waals surface area contributed by atoms with Gasteiger partial charge in [-0.3, -0.25) is 9.69 Å². The topological polar surface area (TPSA) is 65.4 Å². The Morgan fingerprint density at radius 3 is 2.42 bits per heavy atom. The second-order valence-electron chi connectivity index (χ2n) is 6.67. The average molecular weight is 369 g/mol. The van der Waals surface area contributed by atoms with E-state index in [1.807, 2.05) is 0 Å². The molecule has 1 aliphatic carbocycles. The highest BCUT2D eigenvalue weighted by atomic mass is 19.4. The van der Waals surface area contributed by atoms with E-state index < -0.39 is 11.9 Å². The van der Waals surface area contributed by atoms with Gasteiger partial charge in [0, 0.05) is 6.54 Å². The molecular formula is C18H22F3N3O2. The number of ether oxygens (including phenoxy) is 1. The molecule has 0 heterocycles. The molecule has 0 unspecified atom stereocenters. The van der Waals surface area contributed by atoms with Crippen LogP contribution in [0.5, 0.6) is 5.75 Å². The lowest BCUT2D eigenvalue weighted by atomic mass is 9.83. The molecule has 1 aromatic carbocycles. The number of amides is 1. The summed E-state index contributed by atoms with van der Waals surface area (Å²) in [5.74, 6) is -0.511. The molecule has 0 aliphatic heterocycles. The van der Waals surface area contributed by atoms with Gasteiger partial charge in [0.1, 0.15) is 11.3 Å². The van der Waals surface area contributed by atoms with Crippen molar-refractivity contribution in [3.05, 3.63) is 29.8 Å². The Kier molecular flexibility index (Phi) is 6.48. The fourth-order valence-electron chi connectivity index (χ4n) is 3.14. The minimum absolute atomic E-state index is 0.101. The number of nitrogens with zero attached hydrogens (tertiary/aromatic N) is 2. The summed E-state index contributed by atoms with van der Waals surface area (Å²) in [6, 6.07) is 7.76. The predicted octanol–water partition coefficient (Wildman–Crippen LogP) is 3.36. The normalized spacial score (nSPS) is 16.8. The number of nitriles is 1. The van der Waals surface area contributed by atoms with Crippen LogP contribution in [0.1, 0.15) is 37.7 Å². The third-order valence-corrected chi connectivity index (χ3v) is 4.32. The second kappa shape index (κ2) is 8.41. The Labute approximate surface area is 150 Å². The number of nitrogens with one attached hydrogen (secondary N) is 1.